The molecule has 1 aromatic rings. The Labute approximate surface area is 117 Å². The van der Waals surface area contributed by atoms with Crippen LogP contribution in [0.4, 0.5) is 5.95 Å². The van der Waals surface area contributed by atoms with E-state index in [4.69, 9.17) is 14.2 Å². The molecule has 1 rings (SSSR count). The molecule has 0 aliphatic heterocycles. The zero-order chi connectivity index (χ0) is 15.1. The number of ether oxygens (including phenoxy) is 3. The minimum absolute atomic E-state index is 0.104. The van der Waals surface area contributed by atoms with Crippen LogP contribution in [0.15, 0.2) is 0 Å². The Bertz CT molecular complexity index is 431. The summed E-state index contributed by atoms with van der Waals surface area (Å²) in [5.74, 6) is 0.124. The highest BCUT2D eigenvalue weighted by Gasteiger charge is 2.22. The van der Waals surface area contributed by atoms with Crippen molar-refractivity contribution in [3.05, 3.63) is 0 Å². The first-order valence-electron chi connectivity index (χ1n) is 6.18. The van der Waals surface area contributed by atoms with Crippen molar-refractivity contribution in [2.75, 3.05) is 26.6 Å². The number of nitrogens with zero attached hydrogens (tertiary/aromatic N) is 3. The smallest absolute Gasteiger partial charge is 0.328 e. The number of methoxy groups -OCH3 is 3. The summed E-state index contributed by atoms with van der Waals surface area (Å²) in [4.78, 5) is 23.7. The minimum Gasteiger partial charge on any atom is -0.467 e. The van der Waals surface area contributed by atoms with Crippen LogP contribution in [0.1, 0.15) is 20.3 Å². The van der Waals surface area contributed by atoms with Gasteiger partial charge >= 0.3 is 18.0 Å². The Morgan fingerprint density at radius 2 is 1.65 bits per heavy atom. The lowest BCUT2D eigenvalue weighted by Crippen LogP contribution is -2.33. The third-order valence-corrected chi connectivity index (χ3v) is 2.46. The van der Waals surface area contributed by atoms with Crippen molar-refractivity contribution in [1.82, 2.24) is 15.0 Å². The molecule has 20 heavy (non-hydrogen) atoms. The molecule has 0 aliphatic carbocycles. The predicted molar refractivity (Wildman–Crippen MR) is 71.8 cm³/mol. The molecule has 0 saturated carbocycles. The lowest BCUT2D eigenvalue weighted by molar-refractivity contribution is -0.141. The highest BCUT2D eigenvalue weighted by molar-refractivity contribution is 5.78. The molecule has 1 N–H and O–H groups in total. The summed E-state index contributed by atoms with van der Waals surface area (Å²) in [6.07, 6.45) is 0.586. The average Bonchev–Trinajstić information content (AvgIpc) is 2.44. The number of hydrogen-bond donors (Lipinski definition) is 1. The van der Waals surface area contributed by atoms with Crippen molar-refractivity contribution in [3.8, 4) is 12.0 Å². The summed E-state index contributed by atoms with van der Waals surface area (Å²) in [7, 11) is 4.21. The Morgan fingerprint density at radius 1 is 1.10 bits per heavy atom. The van der Waals surface area contributed by atoms with E-state index in [2.05, 4.69) is 20.3 Å². The molecule has 112 valence electrons. The Morgan fingerprint density at radius 3 is 2.05 bits per heavy atom. The van der Waals surface area contributed by atoms with Crippen LogP contribution in [0.3, 0.4) is 0 Å². The number of rotatable bonds is 7. The Kier molecular flexibility index (Phi) is 5.95. The summed E-state index contributed by atoms with van der Waals surface area (Å²) >= 11 is 0. The second-order valence-electron chi connectivity index (χ2n) is 4.48. The van der Waals surface area contributed by atoms with Gasteiger partial charge in [-0.25, -0.2) is 4.79 Å². The van der Waals surface area contributed by atoms with E-state index in [9.17, 15) is 4.79 Å². The topological polar surface area (TPSA) is 95.5 Å². The van der Waals surface area contributed by atoms with E-state index in [0.29, 0.717) is 12.3 Å². The van der Waals surface area contributed by atoms with Crippen LogP contribution in [0.2, 0.25) is 0 Å². The van der Waals surface area contributed by atoms with Crippen LogP contribution in [0.25, 0.3) is 0 Å². The summed E-state index contributed by atoms with van der Waals surface area (Å²) in [5.41, 5.74) is 0. The largest absolute Gasteiger partial charge is 0.467 e. The van der Waals surface area contributed by atoms with Crippen LogP contribution < -0.4 is 14.8 Å². The summed E-state index contributed by atoms with van der Waals surface area (Å²) in [6, 6.07) is -0.336. The Hall–Kier alpha value is -2.12. The van der Waals surface area contributed by atoms with Gasteiger partial charge in [0.15, 0.2) is 0 Å². The van der Waals surface area contributed by atoms with E-state index >= 15 is 0 Å². The maximum Gasteiger partial charge on any atom is 0.328 e. The van der Waals surface area contributed by atoms with Crippen molar-refractivity contribution >= 4 is 11.9 Å². The molecular weight excluding hydrogens is 264 g/mol. The first kappa shape index (κ1) is 15.9. The molecule has 8 heteroatoms. The summed E-state index contributed by atoms with van der Waals surface area (Å²) in [5, 5.41) is 2.91. The summed E-state index contributed by atoms with van der Waals surface area (Å²) in [6.45, 7) is 4.01. The molecule has 1 atom stereocenters. The van der Waals surface area contributed by atoms with Crippen molar-refractivity contribution in [1.29, 1.82) is 0 Å². The van der Waals surface area contributed by atoms with E-state index in [-0.39, 0.29) is 23.9 Å². The highest BCUT2D eigenvalue weighted by Crippen LogP contribution is 2.15. The van der Waals surface area contributed by atoms with Gasteiger partial charge in [-0.2, -0.15) is 9.97 Å². The molecule has 1 unspecified atom stereocenters. The molecule has 8 nitrogen and oxygen atoms in total. The molecule has 0 aliphatic rings. The van der Waals surface area contributed by atoms with E-state index in [1.165, 1.54) is 21.3 Å². The molecule has 0 amide bonds. The lowest BCUT2D eigenvalue weighted by atomic mass is 10.0. The molecule has 0 fully saturated rings. The number of nitrogens with one attached hydrogen (secondary N) is 1. The molecular formula is C12H20N4O4. The fraction of sp³-hybridized carbons (Fsp3) is 0.667. The van der Waals surface area contributed by atoms with Crippen LogP contribution in [-0.4, -0.2) is 48.3 Å². The van der Waals surface area contributed by atoms with Crippen molar-refractivity contribution in [2.45, 2.75) is 26.3 Å². The average molecular weight is 284 g/mol. The zero-order valence-corrected chi connectivity index (χ0v) is 12.3. The van der Waals surface area contributed by atoms with Crippen molar-refractivity contribution in [3.63, 3.8) is 0 Å². The second-order valence-corrected chi connectivity index (χ2v) is 4.48. The van der Waals surface area contributed by atoms with Gasteiger partial charge in [0, 0.05) is 0 Å². The first-order valence-corrected chi connectivity index (χ1v) is 6.18. The van der Waals surface area contributed by atoms with Crippen molar-refractivity contribution in [2.24, 2.45) is 5.92 Å². The first-order chi connectivity index (χ1) is 9.49. The van der Waals surface area contributed by atoms with Gasteiger partial charge in [0.2, 0.25) is 5.95 Å². The van der Waals surface area contributed by atoms with E-state index in [1.54, 1.807) is 0 Å². The standard InChI is InChI=1S/C12H20N4O4/c1-7(2)6-8(9(17)18-3)13-10-14-11(19-4)16-12(15-10)20-5/h7-8H,6H2,1-5H3,(H,13,14,15,16). The van der Waals surface area contributed by atoms with Crippen LogP contribution in [0, 0.1) is 5.92 Å². The highest BCUT2D eigenvalue weighted by atomic mass is 16.5. The van der Waals surface area contributed by atoms with Crippen molar-refractivity contribution < 1.29 is 19.0 Å². The summed E-state index contributed by atoms with van der Waals surface area (Å²) < 4.78 is 14.7. The number of hydrogen-bond acceptors (Lipinski definition) is 8. The Balaban J connectivity index is 2.94. The molecule has 0 saturated heterocycles. The van der Waals surface area contributed by atoms with Gasteiger partial charge in [-0.3, -0.25) is 0 Å². The fourth-order valence-corrected chi connectivity index (χ4v) is 1.57. The van der Waals surface area contributed by atoms with Gasteiger partial charge in [0.05, 0.1) is 21.3 Å². The monoisotopic (exact) mass is 284 g/mol. The molecule has 0 aromatic carbocycles. The van der Waals surface area contributed by atoms with Gasteiger partial charge in [-0.1, -0.05) is 13.8 Å². The molecule has 0 bridgehead atoms. The van der Waals surface area contributed by atoms with Crippen LogP contribution >= 0.6 is 0 Å². The number of anilines is 1. The quantitative estimate of drug-likeness (QED) is 0.737. The predicted octanol–water partition coefficient (Wildman–Crippen LogP) is 0.888. The maximum absolute atomic E-state index is 11.7. The van der Waals surface area contributed by atoms with Gasteiger partial charge in [-0.15, -0.1) is 4.98 Å². The zero-order valence-electron chi connectivity index (χ0n) is 12.3. The molecule has 1 heterocycles. The molecule has 0 spiro atoms. The second kappa shape index (κ2) is 7.46. The molecule has 0 radical (unpaired) electrons. The van der Waals surface area contributed by atoms with Gasteiger partial charge < -0.3 is 19.5 Å². The third kappa shape index (κ3) is 4.52. The SMILES string of the molecule is COC(=O)C(CC(C)C)Nc1nc(OC)nc(OC)n1. The van der Waals surface area contributed by atoms with E-state index < -0.39 is 6.04 Å². The van der Waals surface area contributed by atoms with E-state index in [1.807, 2.05) is 13.8 Å². The number of esters is 1. The van der Waals surface area contributed by atoms with Gasteiger partial charge in [0.1, 0.15) is 6.04 Å². The number of carbonyl (C=O) groups is 1. The number of carbonyl (C=O) groups excluding carboxylic acids is 1. The maximum atomic E-state index is 11.7. The third-order valence-electron chi connectivity index (χ3n) is 2.46. The van der Waals surface area contributed by atoms with Gasteiger partial charge in [-0.05, 0) is 12.3 Å². The van der Waals surface area contributed by atoms with Crippen LogP contribution in [0.5, 0.6) is 12.0 Å². The van der Waals surface area contributed by atoms with Gasteiger partial charge in [0.25, 0.3) is 0 Å². The lowest BCUT2D eigenvalue weighted by Gasteiger charge is -2.18. The minimum atomic E-state index is -0.545. The van der Waals surface area contributed by atoms with E-state index in [0.717, 1.165) is 0 Å². The number of aromatic nitrogens is 3. The van der Waals surface area contributed by atoms with Crippen LogP contribution in [-0.2, 0) is 9.53 Å². The molecule has 1 aromatic heterocycles. The normalized spacial score (nSPS) is 11.9. The fourth-order valence-electron chi connectivity index (χ4n) is 1.57.